The second kappa shape index (κ2) is 3.64. The largest absolute Gasteiger partial charge is 0.419 e. The summed E-state index contributed by atoms with van der Waals surface area (Å²) >= 11 is 0. The molecule has 1 heterocycles. The Kier molecular flexibility index (Phi) is 3.03. The number of rotatable bonds is 0. The monoisotopic (exact) mass is 176 g/mol. The molecule has 66 valence electrons. The molecular weight excluding hydrogens is 160 g/mol. The maximum Gasteiger partial charge on any atom is 0.419 e. The molecule has 1 aliphatic rings. The average Bonchev–Trinajstić information content (AvgIpc) is 1.83. The van der Waals surface area contributed by atoms with Crippen LogP contribution in [0.25, 0.3) is 0 Å². The van der Waals surface area contributed by atoms with Gasteiger partial charge in [0.05, 0.1) is 13.2 Å². The van der Waals surface area contributed by atoms with Gasteiger partial charge >= 0.3 is 8.72 Å². The first-order valence-corrected chi connectivity index (χ1v) is 6.25. The molecule has 11 heavy (non-hydrogen) atoms. The van der Waals surface area contributed by atoms with E-state index in [9.17, 15) is 0 Å². The molecule has 1 fully saturated rings. The van der Waals surface area contributed by atoms with E-state index in [2.05, 4.69) is 4.90 Å². The van der Waals surface area contributed by atoms with Gasteiger partial charge in [-0.05, 0) is 13.6 Å². The van der Waals surface area contributed by atoms with Gasteiger partial charge < -0.3 is 19.2 Å². The molecule has 4 nitrogen and oxygen atoms in total. The summed E-state index contributed by atoms with van der Waals surface area (Å²) in [6.07, 6.45) is 0. The molecule has 1 aliphatic heterocycles. The number of nitrogens with two attached hydrogens (primary N) is 1. The topological polar surface area (TPSA) is 47.7 Å². The van der Waals surface area contributed by atoms with E-state index < -0.39 is 8.72 Å². The first-order chi connectivity index (χ1) is 5.10. The van der Waals surface area contributed by atoms with Crippen LogP contribution in [0.2, 0.25) is 6.55 Å². The van der Waals surface area contributed by atoms with Crippen LogP contribution < -0.4 is 5.40 Å². The van der Waals surface area contributed by atoms with E-state index in [-0.39, 0.29) is 0 Å². The predicted octanol–water partition coefficient (Wildman–Crippen LogP) is -0.508. The van der Waals surface area contributed by atoms with Crippen molar-refractivity contribution in [3.05, 3.63) is 0 Å². The Morgan fingerprint density at radius 2 is 1.73 bits per heavy atom. The summed E-state index contributed by atoms with van der Waals surface area (Å²) in [6.45, 7) is 5.15. The van der Waals surface area contributed by atoms with E-state index in [1.54, 1.807) is 0 Å². The summed E-state index contributed by atoms with van der Waals surface area (Å²) in [5.41, 5.74) is 0. The van der Waals surface area contributed by atoms with Gasteiger partial charge in [-0.25, -0.2) is 0 Å². The Labute approximate surface area is 68.6 Å². The van der Waals surface area contributed by atoms with Gasteiger partial charge in [-0.3, -0.25) is 0 Å². The molecule has 0 amide bonds. The Hall–Kier alpha value is 0.0569. The quantitative estimate of drug-likeness (QED) is 0.505. The SMILES string of the molecule is CN1CCO[Si](C)(N)OCC1. The maximum atomic E-state index is 5.77. The van der Waals surface area contributed by atoms with Crippen molar-refractivity contribution >= 4 is 8.72 Å². The first-order valence-electron chi connectivity index (χ1n) is 3.85. The summed E-state index contributed by atoms with van der Waals surface area (Å²) in [6, 6.07) is 0. The third-order valence-electron chi connectivity index (χ3n) is 1.72. The number of nitrogens with zero attached hydrogens (tertiary/aromatic N) is 1. The summed E-state index contributed by atoms with van der Waals surface area (Å²) in [4.78, 5) is 2.17. The lowest BCUT2D eigenvalue weighted by Gasteiger charge is -2.28. The van der Waals surface area contributed by atoms with Gasteiger partial charge in [-0.1, -0.05) is 0 Å². The molecule has 0 aliphatic carbocycles. The van der Waals surface area contributed by atoms with Gasteiger partial charge in [-0.2, -0.15) is 0 Å². The third kappa shape index (κ3) is 3.30. The van der Waals surface area contributed by atoms with Crippen LogP contribution in [0.3, 0.4) is 0 Å². The number of hydrogen-bond acceptors (Lipinski definition) is 4. The van der Waals surface area contributed by atoms with E-state index in [4.69, 9.17) is 14.3 Å². The molecular formula is C6H16N2O2Si. The molecule has 0 unspecified atom stereocenters. The number of hydrogen-bond donors (Lipinski definition) is 1. The highest BCUT2D eigenvalue weighted by molar-refractivity contribution is 6.62. The molecule has 0 saturated carbocycles. The van der Waals surface area contributed by atoms with Crippen LogP contribution in [0.1, 0.15) is 0 Å². The van der Waals surface area contributed by atoms with Gasteiger partial charge in [0, 0.05) is 13.1 Å². The molecule has 0 radical (unpaired) electrons. The zero-order valence-corrected chi connectivity index (χ0v) is 8.17. The van der Waals surface area contributed by atoms with Crippen molar-refractivity contribution in [2.24, 2.45) is 5.40 Å². The van der Waals surface area contributed by atoms with Crippen molar-refractivity contribution in [3.8, 4) is 0 Å². The van der Waals surface area contributed by atoms with Crippen LogP contribution in [-0.4, -0.2) is 47.0 Å². The molecule has 0 aromatic heterocycles. The highest BCUT2D eigenvalue weighted by atomic mass is 28.4. The minimum atomic E-state index is -2.23. The Morgan fingerprint density at radius 1 is 1.27 bits per heavy atom. The second-order valence-electron chi connectivity index (χ2n) is 3.02. The lowest BCUT2D eigenvalue weighted by molar-refractivity contribution is 0.110. The van der Waals surface area contributed by atoms with Gasteiger partial charge in [0.25, 0.3) is 0 Å². The van der Waals surface area contributed by atoms with Crippen LogP contribution in [-0.2, 0) is 8.85 Å². The molecule has 0 bridgehead atoms. The summed E-state index contributed by atoms with van der Waals surface area (Å²) in [5.74, 6) is 0. The van der Waals surface area contributed by atoms with E-state index in [1.165, 1.54) is 0 Å². The van der Waals surface area contributed by atoms with Crippen LogP contribution in [0, 0.1) is 0 Å². The smallest absolute Gasteiger partial charge is 0.382 e. The van der Waals surface area contributed by atoms with Crippen LogP contribution in [0.4, 0.5) is 0 Å². The Balaban J connectivity index is 2.35. The molecule has 2 N–H and O–H groups in total. The van der Waals surface area contributed by atoms with Crippen molar-refractivity contribution < 1.29 is 8.85 Å². The summed E-state index contributed by atoms with van der Waals surface area (Å²) in [5, 5.41) is 5.77. The normalized spacial score (nSPS) is 27.5. The Morgan fingerprint density at radius 3 is 2.18 bits per heavy atom. The number of likely N-dealkylation sites (N-methyl/N-ethyl adjacent to an activating group) is 1. The standard InChI is InChI=1S/C6H16N2O2Si/c1-8-3-5-9-11(2,7)10-6-4-8/h3-7H2,1-2H3. The summed E-state index contributed by atoms with van der Waals surface area (Å²) in [7, 11) is -0.180. The molecule has 1 rings (SSSR count). The van der Waals surface area contributed by atoms with Crippen LogP contribution in [0.5, 0.6) is 0 Å². The van der Waals surface area contributed by atoms with E-state index in [0.29, 0.717) is 13.2 Å². The minimum Gasteiger partial charge on any atom is -0.382 e. The predicted molar refractivity (Wildman–Crippen MR) is 45.2 cm³/mol. The molecule has 0 aromatic carbocycles. The third-order valence-corrected chi connectivity index (χ3v) is 3.28. The van der Waals surface area contributed by atoms with E-state index in [0.717, 1.165) is 13.1 Å². The van der Waals surface area contributed by atoms with Gasteiger partial charge in [0.15, 0.2) is 0 Å². The zero-order chi connectivity index (χ0) is 8.32. The van der Waals surface area contributed by atoms with Crippen LogP contribution in [0.15, 0.2) is 0 Å². The highest BCUT2D eigenvalue weighted by Gasteiger charge is 2.27. The highest BCUT2D eigenvalue weighted by Crippen LogP contribution is 2.02. The molecule has 5 heteroatoms. The average molecular weight is 176 g/mol. The van der Waals surface area contributed by atoms with Crippen molar-refractivity contribution in [3.63, 3.8) is 0 Å². The molecule has 1 saturated heterocycles. The minimum absolute atomic E-state index is 0.690. The van der Waals surface area contributed by atoms with Crippen molar-refractivity contribution in [2.75, 3.05) is 33.4 Å². The van der Waals surface area contributed by atoms with Crippen LogP contribution >= 0.6 is 0 Å². The van der Waals surface area contributed by atoms with Crippen molar-refractivity contribution in [1.29, 1.82) is 0 Å². The van der Waals surface area contributed by atoms with Crippen molar-refractivity contribution in [2.45, 2.75) is 6.55 Å². The molecule has 0 atom stereocenters. The molecule has 0 aromatic rings. The fraction of sp³-hybridized carbons (Fsp3) is 1.00. The van der Waals surface area contributed by atoms with Gasteiger partial charge in [0.1, 0.15) is 0 Å². The lowest BCUT2D eigenvalue weighted by Crippen LogP contribution is -2.53. The second-order valence-corrected chi connectivity index (χ2v) is 5.63. The van der Waals surface area contributed by atoms with E-state index >= 15 is 0 Å². The molecule has 0 spiro atoms. The van der Waals surface area contributed by atoms with Crippen molar-refractivity contribution in [1.82, 2.24) is 4.90 Å². The lowest BCUT2D eigenvalue weighted by atomic mass is 10.5. The Bertz CT molecular complexity index is 120. The maximum absolute atomic E-state index is 5.77. The fourth-order valence-electron chi connectivity index (χ4n) is 0.962. The van der Waals surface area contributed by atoms with Gasteiger partial charge in [-0.15, -0.1) is 0 Å². The van der Waals surface area contributed by atoms with E-state index in [1.807, 2.05) is 13.6 Å². The fourth-order valence-corrected chi connectivity index (χ4v) is 2.04. The zero-order valence-electron chi connectivity index (χ0n) is 7.17. The first kappa shape index (κ1) is 9.15. The summed E-state index contributed by atoms with van der Waals surface area (Å²) < 4.78 is 10.8. The van der Waals surface area contributed by atoms with Gasteiger partial charge in [0.2, 0.25) is 0 Å².